The second kappa shape index (κ2) is 15.5. The van der Waals surface area contributed by atoms with Gasteiger partial charge in [-0.25, -0.2) is 0 Å². The zero-order chi connectivity index (χ0) is 46.3. The van der Waals surface area contributed by atoms with Gasteiger partial charge < -0.3 is 44.8 Å². The normalized spacial score (nSPS) is 17.0. The van der Waals surface area contributed by atoms with Gasteiger partial charge in [0.1, 0.15) is 49.3 Å². The van der Waals surface area contributed by atoms with Crippen molar-refractivity contribution >= 4 is 34.7 Å². The van der Waals surface area contributed by atoms with Crippen molar-refractivity contribution in [1.82, 2.24) is 0 Å². The van der Waals surface area contributed by atoms with Crippen LogP contribution in [0.5, 0.6) is 34.5 Å². The molecule has 15 heteroatoms. The third-order valence-electron chi connectivity index (χ3n) is 11.9. The number of hydrogen-bond acceptors (Lipinski definition) is 15. The molecular formula is C51H32O15. The van der Waals surface area contributed by atoms with Gasteiger partial charge in [-0.1, -0.05) is 72.8 Å². The standard InChI is InChI=1S/C51H32O15/c52-31-16-34(37-40(49(31)61)46(58)28-10-4-1-7-25(28)43(37)55)64-19-22-13-23(20-65-35-17-32(53)50(62)41-38(35)44(56)26-8-2-5-11-29(26)47(41)59)15-24(14-22)21-66-36-18-33(54)51(63)42-39(36)45(57)27-9-3-6-12-30(27)48(42)60/h1-18,31,49,52-54,61-63H,19-21H2. The van der Waals surface area contributed by atoms with Crippen molar-refractivity contribution in [3.63, 3.8) is 0 Å². The van der Waals surface area contributed by atoms with Crippen molar-refractivity contribution < 1.29 is 73.6 Å². The number of Topliss-reactive ketones (excluding diaryl/α,β-unsaturated/α-hetero) is 2. The SMILES string of the molecule is O=C1C2=C(C(=O)c3ccccc31)C(O)C(O)C=C2OCc1cc(COc2cc(O)c(O)c3c2C(=O)c2ccccc2C3=O)cc(COc2cc(O)c(O)c3c2C(=O)c2ccccc2C3=O)c1. The summed E-state index contributed by atoms with van der Waals surface area (Å²) in [6.45, 7) is -1.05. The number of ether oxygens (including phenoxy) is 3. The lowest BCUT2D eigenvalue weighted by Gasteiger charge is -2.31. The lowest BCUT2D eigenvalue weighted by atomic mass is 9.77. The zero-order valence-electron chi connectivity index (χ0n) is 34.0. The quantitative estimate of drug-likeness (QED) is 0.0947. The number of rotatable bonds is 9. The number of allylic oxidation sites excluding steroid dienone is 1. The summed E-state index contributed by atoms with van der Waals surface area (Å²) < 4.78 is 18.4. The van der Waals surface area contributed by atoms with Crippen molar-refractivity contribution in [3.8, 4) is 34.5 Å². The molecule has 66 heavy (non-hydrogen) atoms. The van der Waals surface area contributed by atoms with Gasteiger partial charge in [0.15, 0.2) is 57.7 Å². The predicted molar refractivity (Wildman–Crippen MR) is 228 cm³/mol. The van der Waals surface area contributed by atoms with Crippen LogP contribution in [0, 0.1) is 0 Å². The number of carbonyl (C=O) groups excluding carboxylic acids is 6. The van der Waals surface area contributed by atoms with Crippen molar-refractivity contribution in [3.05, 3.63) is 198 Å². The Morgan fingerprint density at radius 3 is 1.18 bits per heavy atom. The maximum atomic E-state index is 13.8. The minimum absolute atomic E-state index is 0.0270. The van der Waals surface area contributed by atoms with Gasteiger partial charge in [0.2, 0.25) is 0 Å². The highest BCUT2D eigenvalue weighted by atomic mass is 16.5. The number of carbonyl (C=O) groups is 6. The van der Waals surface area contributed by atoms with E-state index in [1.54, 1.807) is 54.6 Å². The fraction of sp³-hybridized carbons (Fsp3) is 0.0980. The minimum Gasteiger partial charge on any atom is -0.504 e. The molecule has 4 aliphatic carbocycles. The van der Waals surface area contributed by atoms with Crippen LogP contribution in [0.3, 0.4) is 0 Å². The van der Waals surface area contributed by atoms with Crippen LogP contribution in [0.2, 0.25) is 0 Å². The number of aromatic hydroxyl groups is 4. The maximum absolute atomic E-state index is 13.8. The fourth-order valence-electron chi connectivity index (χ4n) is 8.80. The second-order valence-electron chi connectivity index (χ2n) is 15.9. The molecule has 0 bridgehead atoms. The summed E-state index contributed by atoms with van der Waals surface area (Å²) in [5, 5.41) is 64.6. The van der Waals surface area contributed by atoms with Crippen molar-refractivity contribution in [2.24, 2.45) is 0 Å². The first-order chi connectivity index (χ1) is 31.7. The molecule has 6 N–H and O–H groups in total. The molecule has 4 aliphatic rings. The third-order valence-corrected chi connectivity index (χ3v) is 11.9. The molecule has 0 aliphatic heterocycles. The second-order valence-corrected chi connectivity index (χ2v) is 15.9. The van der Waals surface area contributed by atoms with Crippen LogP contribution in [-0.4, -0.2) is 77.5 Å². The van der Waals surface area contributed by atoms with Gasteiger partial charge >= 0.3 is 0 Å². The van der Waals surface area contributed by atoms with Crippen LogP contribution < -0.4 is 9.47 Å². The lowest BCUT2D eigenvalue weighted by Crippen LogP contribution is -2.39. The van der Waals surface area contributed by atoms with Gasteiger partial charge in [-0.2, -0.15) is 0 Å². The first-order valence-corrected chi connectivity index (χ1v) is 20.3. The Morgan fingerprint density at radius 1 is 0.424 bits per heavy atom. The Kier molecular flexibility index (Phi) is 9.74. The summed E-state index contributed by atoms with van der Waals surface area (Å²) in [7, 11) is 0. The topological polar surface area (TPSA) is 251 Å². The molecule has 0 saturated heterocycles. The van der Waals surface area contributed by atoms with E-state index in [1.165, 1.54) is 36.4 Å². The van der Waals surface area contributed by atoms with E-state index in [4.69, 9.17) is 14.2 Å². The Morgan fingerprint density at radius 2 is 0.773 bits per heavy atom. The molecular weight excluding hydrogens is 853 g/mol. The zero-order valence-corrected chi connectivity index (χ0v) is 34.0. The van der Waals surface area contributed by atoms with E-state index in [1.807, 2.05) is 0 Å². The molecule has 6 aromatic rings. The van der Waals surface area contributed by atoms with Gasteiger partial charge in [0.25, 0.3) is 0 Å². The highest BCUT2D eigenvalue weighted by Gasteiger charge is 2.43. The van der Waals surface area contributed by atoms with E-state index in [2.05, 4.69) is 0 Å². The summed E-state index contributed by atoms with van der Waals surface area (Å²) in [4.78, 5) is 82.1. The average molecular weight is 885 g/mol. The van der Waals surface area contributed by atoms with E-state index in [0.29, 0.717) is 16.7 Å². The molecule has 0 radical (unpaired) electrons. The molecule has 0 heterocycles. The summed E-state index contributed by atoms with van der Waals surface area (Å²) in [5.41, 5.74) is -0.622. The van der Waals surface area contributed by atoms with Crippen LogP contribution in [0.4, 0.5) is 0 Å². The summed E-state index contributed by atoms with van der Waals surface area (Å²) in [6, 6.07) is 24.8. The Hall–Kier alpha value is -8.66. The van der Waals surface area contributed by atoms with Gasteiger partial charge in [-0.3, -0.25) is 28.8 Å². The maximum Gasteiger partial charge on any atom is 0.198 e. The number of aliphatic hydroxyl groups excluding tert-OH is 2. The van der Waals surface area contributed by atoms with Crippen molar-refractivity contribution in [2.75, 3.05) is 0 Å². The number of benzene rings is 6. The molecule has 0 saturated carbocycles. The van der Waals surface area contributed by atoms with Crippen LogP contribution in [0.1, 0.15) is 101 Å². The van der Waals surface area contributed by atoms with Crippen molar-refractivity contribution in [2.45, 2.75) is 32.0 Å². The first kappa shape index (κ1) is 41.4. The molecule has 2 atom stereocenters. The predicted octanol–water partition coefficient (Wildman–Crippen LogP) is 5.73. The lowest BCUT2D eigenvalue weighted by molar-refractivity contribution is 0.0556. The average Bonchev–Trinajstić information content (AvgIpc) is 3.32. The fourth-order valence-corrected chi connectivity index (χ4v) is 8.80. The van der Waals surface area contributed by atoms with Gasteiger partial charge in [-0.15, -0.1) is 0 Å². The van der Waals surface area contributed by atoms with E-state index in [0.717, 1.165) is 18.2 Å². The van der Waals surface area contributed by atoms with Crippen LogP contribution in [0.15, 0.2) is 126 Å². The van der Waals surface area contributed by atoms with Gasteiger partial charge in [0.05, 0.1) is 27.8 Å². The van der Waals surface area contributed by atoms with E-state index < -0.39 is 81.0 Å². The molecule has 326 valence electrons. The number of fused-ring (bicyclic) bond motifs is 5. The highest BCUT2D eigenvalue weighted by molar-refractivity contribution is 6.32. The Bertz CT molecular complexity index is 3150. The summed E-state index contributed by atoms with van der Waals surface area (Å²) >= 11 is 0. The van der Waals surface area contributed by atoms with E-state index >= 15 is 0 Å². The number of phenols is 4. The van der Waals surface area contributed by atoms with Crippen LogP contribution in [-0.2, 0) is 24.6 Å². The summed E-state index contributed by atoms with van der Waals surface area (Å²) in [5.74, 6) is -7.67. The molecule has 0 fully saturated rings. The molecule has 10 rings (SSSR count). The largest absolute Gasteiger partial charge is 0.504 e. The van der Waals surface area contributed by atoms with E-state index in [-0.39, 0.29) is 92.7 Å². The number of ketones is 6. The van der Waals surface area contributed by atoms with Gasteiger partial charge in [-0.05, 0) is 41.0 Å². The number of phenolic OH excluding ortho intramolecular Hbond substituents is 4. The summed E-state index contributed by atoms with van der Waals surface area (Å²) in [6.07, 6.45) is -2.22. The Balaban J connectivity index is 1.01. The minimum atomic E-state index is -1.72. The Labute approximate surface area is 372 Å². The van der Waals surface area contributed by atoms with Crippen molar-refractivity contribution in [1.29, 1.82) is 0 Å². The van der Waals surface area contributed by atoms with Gasteiger partial charge in [0, 0.05) is 51.1 Å². The molecule has 0 spiro atoms. The first-order valence-electron chi connectivity index (χ1n) is 20.3. The smallest absolute Gasteiger partial charge is 0.198 e. The van der Waals surface area contributed by atoms with E-state index in [9.17, 15) is 59.4 Å². The third kappa shape index (κ3) is 6.44. The molecule has 0 amide bonds. The molecule has 0 aromatic heterocycles. The highest BCUT2D eigenvalue weighted by Crippen LogP contribution is 2.46. The molecule has 2 unspecified atom stereocenters. The molecule has 15 nitrogen and oxygen atoms in total. The number of hydrogen-bond donors (Lipinski definition) is 6. The molecule has 6 aromatic carbocycles. The monoisotopic (exact) mass is 884 g/mol. The number of aliphatic hydroxyl groups is 2. The van der Waals surface area contributed by atoms with Crippen LogP contribution >= 0.6 is 0 Å². The van der Waals surface area contributed by atoms with Crippen LogP contribution in [0.25, 0.3) is 0 Å².